The summed E-state index contributed by atoms with van der Waals surface area (Å²) in [6.07, 6.45) is -4.62. The van der Waals surface area contributed by atoms with Crippen LogP contribution in [0.4, 0.5) is 27.6 Å². The Labute approximate surface area is 196 Å². The van der Waals surface area contributed by atoms with Crippen molar-refractivity contribution in [2.24, 2.45) is 0 Å². The molecule has 2 heterocycles. The first-order valence-corrected chi connectivity index (χ1v) is 11.5. The second kappa shape index (κ2) is 8.63. The third-order valence-corrected chi connectivity index (χ3v) is 7.13. The van der Waals surface area contributed by atoms with Gasteiger partial charge in [-0.2, -0.15) is 13.2 Å². The molecule has 0 aliphatic carbocycles. The van der Waals surface area contributed by atoms with E-state index in [9.17, 15) is 26.7 Å². The van der Waals surface area contributed by atoms with Gasteiger partial charge in [0.15, 0.2) is 5.78 Å². The van der Waals surface area contributed by atoms with Gasteiger partial charge in [0.05, 0.1) is 12.0 Å². The Morgan fingerprint density at radius 2 is 1.68 bits per heavy atom. The summed E-state index contributed by atoms with van der Waals surface area (Å²) in [6.45, 7) is 6.76. The summed E-state index contributed by atoms with van der Waals surface area (Å²) in [5.74, 6) is -2.82. The highest BCUT2D eigenvalue weighted by molar-refractivity contribution is 6.05. The molecule has 0 aromatic heterocycles. The summed E-state index contributed by atoms with van der Waals surface area (Å²) >= 11 is 0. The maximum Gasteiger partial charge on any atom is 0.390 e. The SMILES string of the molecule is CC(C)(C)c1ccc2c(c1)C1(CCNCC1)C(C(=O)c1c(F)cccc1F)N2CCC(F)(F)F. The Hall–Kier alpha value is -2.48. The fourth-order valence-corrected chi connectivity index (χ4v) is 5.41. The van der Waals surface area contributed by atoms with Gasteiger partial charge >= 0.3 is 6.18 Å². The summed E-state index contributed by atoms with van der Waals surface area (Å²) in [7, 11) is 0. The van der Waals surface area contributed by atoms with Gasteiger partial charge in [-0.25, -0.2) is 8.78 Å². The van der Waals surface area contributed by atoms with E-state index in [1.54, 1.807) is 6.07 Å². The van der Waals surface area contributed by atoms with Crippen molar-refractivity contribution in [3.8, 4) is 0 Å². The van der Waals surface area contributed by atoms with Gasteiger partial charge in [0.2, 0.25) is 0 Å². The van der Waals surface area contributed by atoms with Crippen LogP contribution >= 0.6 is 0 Å². The maximum absolute atomic E-state index is 14.7. The van der Waals surface area contributed by atoms with Gasteiger partial charge in [-0.3, -0.25) is 4.79 Å². The number of Topliss-reactive ketones (excluding diaryl/α,β-unsaturated/α-hetero) is 1. The molecule has 3 nitrogen and oxygen atoms in total. The molecule has 4 rings (SSSR count). The molecule has 1 saturated heterocycles. The van der Waals surface area contributed by atoms with Crippen LogP contribution in [0.1, 0.15) is 61.5 Å². The van der Waals surface area contributed by atoms with E-state index in [0.717, 1.165) is 23.3 Å². The molecule has 0 saturated carbocycles. The Morgan fingerprint density at radius 1 is 1.06 bits per heavy atom. The molecule has 2 aliphatic heterocycles. The van der Waals surface area contributed by atoms with Crippen LogP contribution in [0.15, 0.2) is 36.4 Å². The first-order valence-electron chi connectivity index (χ1n) is 11.5. The zero-order valence-corrected chi connectivity index (χ0v) is 19.5. The topological polar surface area (TPSA) is 32.3 Å². The molecular formula is C26H29F5N2O. The van der Waals surface area contributed by atoms with E-state index in [1.807, 2.05) is 32.9 Å². The van der Waals surface area contributed by atoms with E-state index in [4.69, 9.17) is 0 Å². The average Bonchev–Trinajstić information content (AvgIpc) is 3.00. The van der Waals surface area contributed by atoms with Crippen LogP contribution in [0.25, 0.3) is 0 Å². The molecule has 8 heteroatoms. The van der Waals surface area contributed by atoms with Gasteiger partial charge in [-0.1, -0.05) is 39.0 Å². The van der Waals surface area contributed by atoms with Gasteiger partial charge in [-0.05, 0) is 60.7 Å². The molecule has 0 amide bonds. The van der Waals surface area contributed by atoms with Crippen molar-refractivity contribution in [2.75, 3.05) is 24.5 Å². The molecule has 2 aromatic rings. The Bertz CT molecular complexity index is 1060. The Balaban J connectivity index is 1.92. The van der Waals surface area contributed by atoms with Crippen LogP contribution in [-0.4, -0.2) is 37.6 Å². The van der Waals surface area contributed by atoms with Gasteiger partial charge in [0.1, 0.15) is 17.7 Å². The third kappa shape index (κ3) is 4.32. The first kappa shape index (κ1) is 24.6. The molecular weight excluding hydrogens is 451 g/mol. The summed E-state index contributed by atoms with van der Waals surface area (Å²) in [4.78, 5) is 15.3. The standard InChI is InChI=1S/C26H29F5N2O/c1-24(2,3)16-7-8-20-17(15-16)25(9-12-32-13-10-25)23(33(20)14-11-26(29,30)31)22(34)21-18(27)5-4-6-19(21)28/h4-8,15,23,32H,9-14H2,1-3H3. The number of rotatable bonds is 4. The van der Waals surface area contributed by atoms with Crippen LogP contribution in [0, 0.1) is 11.6 Å². The Kier molecular flexibility index (Phi) is 6.25. The number of halogens is 5. The van der Waals surface area contributed by atoms with Crippen LogP contribution in [0.2, 0.25) is 0 Å². The predicted molar refractivity (Wildman–Crippen MR) is 121 cm³/mol. The zero-order valence-electron chi connectivity index (χ0n) is 19.5. The number of benzene rings is 2. The highest BCUT2D eigenvalue weighted by Gasteiger charge is 2.55. The number of piperidine rings is 1. The maximum atomic E-state index is 14.7. The monoisotopic (exact) mass is 480 g/mol. The fraction of sp³-hybridized carbons (Fsp3) is 0.500. The summed E-state index contributed by atoms with van der Waals surface area (Å²) in [5.41, 5.74) is 0.558. The van der Waals surface area contributed by atoms with Gasteiger partial charge in [0.25, 0.3) is 0 Å². The van der Waals surface area contributed by atoms with E-state index < -0.39 is 53.6 Å². The number of ketones is 1. The minimum Gasteiger partial charge on any atom is -0.360 e. The second-order valence-electron chi connectivity index (χ2n) is 10.3. The molecule has 2 aliphatic rings. The van der Waals surface area contributed by atoms with E-state index >= 15 is 0 Å². The fourth-order valence-electron chi connectivity index (χ4n) is 5.41. The van der Waals surface area contributed by atoms with Crippen molar-refractivity contribution < 1.29 is 26.7 Å². The molecule has 1 atom stereocenters. The van der Waals surface area contributed by atoms with Gasteiger partial charge < -0.3 is 10.2 Å². The molecule has 0 bridgehead atoms. The number of nitrogens with zero attached hydrogens (tertiary/aromatic N) is 1. The minimum atomic E-state index is -4.44. The van der Waals surface area contributed by atoms with E-state index in [0.29, 0.717) is 31.6 Å². The molecule has 1 fully saturated rings. The number of nitrogens with one attached hydrogen (secondary N) is 1. The van der Waals surface area contributed by atoms with Crippen molar-refractivity contribution in [1.29, 1.82) is 0 Å². The van der Waals surface area contributed by atoms with E-state index in [1.165, 1.54) is 11.0 Å². The molecule has 2 aromatic carbocycles. The number of anilines is 1. The first-order chi connectivity index (χ1) is 15.8. The Morgan fingerprint density at radius 3 is 2.24 bits per heavy atom. The smallest absolute Gasteiger partial charge is 0.360 e. The average molecular weight is 481 g/mol. The molecule has 1 unspecified atom stereocenters. The van der Waals surface area contributed by atoms with Crippen molar-refractivity contribution in [1.82, 2.24) is 5.32 Å². The number of carbonyl (C=O) groups excluding carboxylic acids is 1. The zero-order chi connectivity index (χ0) is 24.9. The van der Waals surface area contributed by atoms with Crippen molar-refractivity contribution in [3.05, 3.63) is 64.7 Å². The van der Waals surface area contributed by atoms with Crippen LogP contribution in [0.3, 0.4) is 0 Å². The molecule has 34 heavy (non-hydrogen) atoms. The normalized spacial score (nSPS) is 20.0. The summed E-state index contributed by atoms with van der Waals surface area (Å²) in [5, 5.41) is 3.25. The molecule has 184 valence electrons. The molecule has 1 spiro atoms. The lowest BCUT2D eigenvalue weighted by atomic mass is 9.67. The number of hydrogen-bond donors (Lipinski definition) is 1. The lowest BCUT2D eigenvalue weighted by molar-refractivity contribution is -0.132. The highest BCUT2D eigenvalue weighted by Crippen LogP contribution is 2.52. The number of hydrogen-bond acceptors (Lipinski definition) is 3. The third-order valence-electron chi connectivity index (χ3n) is 7.13. The van der Waals surface area contributed by atoms with E-state index in [-0.39, 0.29) is 5.41 Å². The summed E-state index contributed by atoms with van der Waals surface area (Å²) < 4.78 is 69.2. The number of carbonyl (C=O) groups is 1. The van der Waals surface area contributed by atoms with Crippen LogP contribution in [-0.2, 0) is 10.8 Å². The lowest BCUT2D eigenvalue weighted by Crippen LogP contribution is -2.55. The van der Waals surface area contributed by atoms with Crippen molar-refractivity contribution in [3.63, 3.8) is 0 Å². The quantitative estimate of drug-likeness (QED) is 0.436. The van der Waals surface area contributed by atoms with Gasteiger partial charge in [0, 0.05) is 17.6 Å². The van der Waals surface area contributed by atoms with Crippen molar-refractivity contribution in [2.45, 2.75) is 63.1 Å². The summed E-state index contributed by atoms with van der Waals surface area (Å²) in [6, 6.07) is 7.66. The lowest BCUT2D eigenvalue weighted by Gasteiger charge is -2.41. The van der Waals surface area contributed by atoms with Crippen LogP contribution in [0.5, 0.6) is 0 Å². The molecule has 0 radical (unpaired) electrons. The number of alkyl halides is 3. The minimum absolute atomic E-state index is 0.223. The van der Waals surface area contributed by atoms with Crippen molar-refractivity contribution >= 4 is 11.5 Å². The predicted octanol–water partition coefficient (Wildman–Crippen LogP) is 5.91. The second-order valence-corrected chi connectivity index (χ2v) is 10.3. The van der Waals surface area contributed by atoms with Crippen LogP contribution < -0.4 is 10.2 Å². The van der Waals surface area contributed by atoms with Gasteiger partial charge in [-0.15, -0.1) is 0 Å². The molecule has 1 N–H and O–H groups in total. The number of fused-ring (bicyclic) bond motifs is 2. The largest absolute Gasteiger partial charge is 0.390 e. The van der Waals surface area contributed by atoms with E-state index in [2.05, 4.69) is 5.32 Å². The highest BCUT2D eigenvalue weighted by atomic mass is 19.4.